The number of hydrogen-bond acceptors (Lipinski definition) is 4. The lowest BCUT2D eigenvalue weighted by molar-refractivity contribution is 0.475. The molecule has 0 amide bonds. The number of anilines is 1. The Kier molecular flexibility index (Phi) is 4.43. The number of imidazole rings is 1. The molecular formula is C13H16ClN3O3S. The third-order valence-electron chi connectivity index (χ3n) is 2.66. The average molecular weight is 330 g/mol. The summed E-state index contributed by atoms with van der Waals surface area (Å²) < 4.78 is 28.5. The third kappa shape index (κ3) is 3.89. The van der Waals surface area contributed by atoms with Gasteiger partial charge in [0.15, 0.2) is 5.03 Å². The van der Waals surface area contributed by atoms with E-state index in [0.717, 1.165) is 0 Å². The fourth-order valence-corrected chi connectivity index (χ4v) is 3.03. The highest BCUT2D eigenvalue weighted by Gasteiger charge is 2.19. The Morgan fingerprint density at radius 1 is 1.43 bits per heavy atom. The monoisotopic (exact) mass is 329 g/mol. The minimum absolute atomic E-state index is 0.0811. The standard InChI is InChI=1S/C13H16ClN3O3S/c1-9(2)6-17-7-13(15-8-17)21(19,20)16-12-5-10(18)3-4-11(12)14/h3-5,7-9,16,18H,6H2,1-2H3. The zero-order valence-corrected chi connectivity index (χ0v) is 13.2. The van der Waals surface area contributed by atoms with Gasteiger partial charge in [0.05, 0.1) is 17.0 Å². The van der Waals surface area contributed by atoms with Crippen molar-refractivity contribution in [2.24, 2.45) is 5.92 Å². The smallest absolute Gasteiger partial charge is 0.280 e. The van der Waals surface area contributed by atoms with Crippen molar-refractivity contribution < 1.29 is 13.5 Å². The number of hydrogen-bond donors (Lipinski definition) is 2. The molecule has 8 heteroatoms. The summed E-state index contributed by atoms with van der Waals surface area (Å²) in [5, 5.41) is 9.49. The predicted molar refractivity (Wildman–Crippen MR) is 81.0 cm³/mol. The van der Waals surface area contributed by atoms with Crippen molar-refractivity contribution in [1.29, 1.82) is 0 Å². The van der Waals surface area contributed by atoms with Gasteiger partial charge in [-0.3, -0.25) is 4.72 Å². The van der Waals surface area contributed by atoms with E-state index in [0.29, 0.717) is 12.5 Å². The Morgan fingerprint density at radius 2 is 2.14 bits per heavy atom. The Labute approximate surface area is 128 Å². The summed E-state index contributed by atoms with van der Waals surface area (Å²) in [4.78, 5) is 3.90. The highest BCUT2D eigenvalue weighted by atomic mass is 35.5. The lowest BCUT2D eigenvalue weighted by Gasteiger charge is -2.08. The van der Waals surface area contributed by atoms with Crippen LogP contribution in [0.5, 0.6) is 5.75 Å². The largest absolute Gasteiger partial charge is 0.508 e. The molecule has 2 N–H and O–H groups in total. The molecule has 0 aliphatic heterocycles. The molecular weight excluding hydrogens is 314 g/mol. The van der Waals surface area contributed by atoms with Crippen molar-refractivity contribution in [3.05, 3.63) is 35.7 Å². The van der Waals surface area contributed by atoms with Crippen molar-refractivity contribution in [3.63, 3.8) is 0 Å². The zero-order chi connectivity index (χ0) is 15.6. The molecule has 0 spiro atoms. The van der Waals surface area contributed by atoms with Crippen LogP contribution < -0.4 is 4.72 Å². The number of aromatic nitrogens is 2. The van der Waals surface area contributed by atoms with Crippen molar-refractivity contribution in [1.82, 2.24) is 9.55 Å². The number of halogens is 1. The first-order chi connectivity index (χ1) is 9.78. The van der Waals surface area contributed by atoms with Gasteiger partial charge in [0, 0.05) is 18.8 Å². The number of benzene rings is 1. The van der Waals surface area contributed by atoms with Crippen LogP contribution in [0.2, 0.25) is 5.02 Å². The van der Waals surface area contributed by atoms with E-state index in [1.54, 1.807) is 4.57 Å². The van der Waals surface area contributed by atoms with Gasteiger partial charge in [-0.1, -0.05) is 25.4 Å². The van der Waals surface area contributed by atoms with Gasteiger partial charge in [-0.25, -0.2) is 4.98 Å². The van der Waals surface area contributed by atoms with Gasteiger partial charge in [0.1, 0.15) is 5.75 Å². The van der Waals surface area contributed by atoms with Crippen LogP contribution in [0.1, 0.15) is 13.8 Å². The molecule has 0 aliphatic rings. The maximum atomic E-state index is 12.2. The van der Waals surface area contributed by atoms with Crippen LogP contribution in [0.4, 0.5) is 5.69 Å². The molecule has 0 atom stereocenters. The van der Waals surface area contributed by atoms with Crippen molar-refractivity contribution in [3.8, 4) is 5.75 Å². The molecule has 0 saturated carbocycles. The van der Waals surface area contributed by atoms with Crippen molar-refractivity contribution in [2.45, 2.75) is 25.4 Å². The number of aromatic hydroxyl groups is 1. The van der Waals surface area contributed by atoms with Crippen molar-refractivity contribution >= 4 is 27.3 Å². The summed E-state index contributed by atoms with van der Waals surface area (Å²) >= 11 is 5.90. The Morgan fingerprint density at radius 3 is 2.81 bits per heavy atom. The second-order valence-corrected chi connectivity index (χ2v) is 7.11. The van der Waals surface area contributed by atoms with Gasteiger partial charge in [-0.05, 0) is 18.1 Å². The normalized spacial score (nSPS) is 11.8. The summed E-state index contributed by atoms with van der Waals surface area (Å²) in [6.45, 7) is 4.73. The van der Waals surface area contributed by atoms with Gasteiger partial charge < -0.3 is 9.67 Å². The third-order valence-corrected chi connectivity index (χ3v) is 4.23. The van der Waals surface area contributed by atoms with E-state index in [4.69, 9.17) is 11.6 Å². The summed E-state index contributed by atoms with van der Waals surface area (Å²) in [6.07, 6.45) is 2.93. The van der Waals surface area contributed by atoms with Gasteiger partial charge in [-0.2, -0.15) is 8.42 Å². The lowest BCUT2D eigenvalue weighted by Crippen LogP contribution is -2.13. The quantitative estimate of drug-likeness (QED) is 0.883. The summed E-state index contributed by atoms with van der Waals surface area (Å²) in [5.74, 6) is 0.297. The molecule has 0 fully saturated rings. The number of phenols is 1. The van der Waals surface area contributed by atoms with Crippen LogP contribution in [0.25, 0.3) is 0 Å². The topological polar surface area (TPSA) is 84.2 Å². The maximum absolute atomic E-state index is 12.2. The highest BCUT2D eigenvalue weighted by Crippen LogP contribution is 2.27. The van der Waals surface area contributed by atoms with Gasteiger partial charge in [0.2, 0.25) is 0 Å². The molecule has 1 heterocycles. The van der Waals surface area contributed by atoms with Crippen LogP contribution in [-0.2, 0) is 16.6 Å². The molecule has 6 nitrogen and oxygen atoms in total. The Hall–Kier alpha value is -1.73. The summed E-state index contributed by atoms with van der Waals surface area (Å²) in [5.41, 5.74) is 0.107. The molecule has 114 valence electrons. The second-order valence-electron chi connectivity index (χ2n) is 5.07. The molecule has 0 unspecified atom stereocenters. The predicted octanol–water partition coefficient (Wildman–Crippen LogP) is 2.70. The minimum Gasteiger partial charge on any atom is -0.508 e. The number of nitrogens with one attached hydrogen (secondary N) is 1. The first-order valence-electron chi connectivity index (χ1n) is 6.31. The van der Waals surface area contributed by atoms with Crippen LogP contribution >= 0.6 is 11.6 Å². The van der Waals surface area contributed by atoms with Crippen molar-refractivity contribution in [2.75, 3.05) is 4.72 Å². The maximum Gasteiger partial charge on any atom is 0.280 e. The molecule has 2 aromatic rings. The number of rotatable bonds is 5. The molecule has 0 radical (unpaired) electrons. The number of nitrogens with zero attached hydrogens (tertiary/aromatic N) is 2. The van der Waals surface area contributed by atoms with E-state index in [1.165, 1.54) is 30.7 Å². The Bertz CT molecular complexity index is 741. The number of sulfonamides is 1. The highest BCUT2D eigenvalue weighted by molar-refractivity contribution is 7.92. The van der Waals surface area contributed by atoms with E-state index >= 15 is 0 Å². The second kappa shape index (κ2) is 5.95. The van der Waals surface area contributed by atoms with E-state index < -0.39 is 10.0 Å². The molecule has 0 bridgehead atoms. The van der Waals surface area contributed by atoms with Crippen LogP contribution in [-0.4, -0.2) is 23.1 Å². The molecule has 0 aliphatic carbocycles. The molecule has 1 aromatic heterocycles. The van der Waals surface area contributed by atoms with E-state index in [9.17, 15) is 13.5 Å². The lowest BCUT2D eigenvalue weighted by atomic mass is 10.2. The van der Waals surface area contributed by atoms with Gasteiger partial charge in [-0.15, -0.1) is 0 Å². The first kappa shape index (κ1) is 15.7. The fourth-order valence-electron chi connectivity index (χ4n) is 1.79. The van der Waals surface area contributed by atoms with Crippen LogP contribution in [0, 0.1) is 5.92 Å². The zero-order valence-electron chi connectivity index (χ0n) is 11.6. The van der Waals surface area contributed by atoms with E-state index in [1.807, 2.05) is 13.8 Å². The van der Waals surface area contributed by atoms with Crippen LogP contribution in [0.3, 0.4) is 0 Å². The Balaban J connectivity index is 2.26. The average Bonchev–Trinajstić information content (AvgIpc) is 2.82. The van der Waals surface area contributed by atoms with E-state index in [-0.39, 0.29) is 21.5 Å². The summed E-state index contributed by atoms with van der Waals surface area (Å²) in [6, 6.07) is 4.02. The first-order valence-corrected chi connectivity index (χ1v) is 8.17. The molecule has 1 aromatic carbocycles. The SMILES string of the molecule is CC(C)Cn1cnc(S(=O)(=O)Nc2cc(O)ccc2Cl)c1. The molecule has 0 saturated heterocycles. The minimum atomic E-state index is -3.85. The van der Waals surface area contributed by atoms with Gasteiger partial charge >= 0.3 is 0 Å². The van der Waals surface area contributed by atoms with Crippen LogP contribution in [0.15, 0.2) is 35.7 Å². The fraction of sp³-hybridized carbons (Fsp3) is 0.308. The molecule has 21 heavy (non-hydrogen) atoms. The number of phenolic OH excluding ortho intramolecular Hbond substituents is 1. The van der Waals surface area contributed by atoms with Gasteiger partial charge in [0.25, 0.3) is 10.0 Å². The molecule has 2 rings (SSSR count). The van der Waals surface area contributed by atoms with E-state index in [2.05, 4.69) is 9.71 Å². The summed E-state index contributed by atoms with van der Waals surface area (Å²) in [7, 11) is -3.85.